The smallest absolute Gasteiger partial charge is 0.293 e. The zero-order chi connectivity index (χ0) is 10.3. The highest BCUT2D eigenvalue weighted by molar-refractivity contribution is 5.37. The maximum absolute atomic E-state index is 9.60. The number of nitrogens with two attached hydrogens (primary N) is 1. The largest absolute Gasteiger partial charge is 0.462 e. The molecule has 1 saturated carbocycles. The van der Waals surface area contributed by atoms with Crippen molar-refractivity contribution < 1.29 is 9.53 Å². The second kappa shape index (κ2) is 5.94. The number of ether oxygens (including phenoxy) is 1. The van der Waals surface area contributed by atoms with Crippen LogP contribution in [0.3, 0.4) is 0 Å². The van der Waals surface area contributed by atoms with Crippen molar-refractivity contribution in [2.24, 2.45) is 11.8 Å². The molecule has 0 atom stereocenters. The van der Waals surface area contributed by atoms with Crippen LogP contribution in [0.2, 0.25) is 0 Å². The Kier molecular flexibility index (Phi) is 5.66. The van der Waals surface area contributed by atoms with Crippen LogP contribution in [0.1, 0.15) is 33.6 Å². The van der Waals surface area contributed by atoms with E-state index in [0.717, 1.165) is 12.5 Å². The Morgan fingerprint density at radius 3 is 2.15 bits per heavy atom. The molecule has 1 rings (SSSR count). The highest BCUT2D eigenvalue weighted by Crippen LogP contribution is 2.27. The monoisotopic (exact) mass is 188 g/mol. The lowest BCUT2D eigenvalue weighted by Gasteiger charge is -2.14. The van der Waals surface area contributed by atoms with Gasteiger partial charge < -0.3 is 4.74 Å². The van der Waals surface area contributed by atoms with Crippen LogP contribution in [0, 0.1) is 5.92 Å². The van der Waals surface area contributed by atoms with Crippen molar-refractivity contribution in [3.63, 3.8) is 0 Å². The zero-order valence-electron chi connectivity index (χ0n) is 8.67. The maximum Gasteiger partial charge on any atom is 0.293 e. The minimum Gasteiger partial charge on any atom is -0.462 e. The SMILES string of the molecule is CC(C)(C)OC=O.NNCC1CC1. The zero-order valence-corrected chi connectivity index (χ0v) is 8.67. The van der Waals surface area contributed by atoms with E-state index >= 15 is 0 Å². The third-order valence-corrected chi connectivity index (χ3v) is 1.51. The van der Waals surface area contributed by atoms with Gasteiger partial charge in [-0.05, 0) is 39.5 Å². The van der Waals surface area contributed by atoms with Gasteiger partial charge in [-0.15, -0.1) is 0 Å². The van der Waals surface area contributed by atoms with Crippen LogP contribution in [0.15, 0.2) is 0 Å². The normalized spacial score (nSPS) is 15.7. The highest BCUT2D eigenvalue weighted by Gasteiger charge is 2.19. The average molecular weight is 188 g/mol. The van der Waals surface area contributed by atoms with Crippen molar-refractivity contribution in [3.05, 3.63) is 0 Å². The molecule has 0 bridgehead atoms. The van der Waals surface area contributed by atoms with Crippen molar-refractivity contribution in [3.8, 4) is 0 Å². The Balaban J connectivity index is 0.000000223. The standard InChI is InChI=1S/C5H10O2.C4H10N2/c1-5(2,3)7-4-6;5-6-3-4-1-2-4/h4H,1-3H3;4,6H,1-3,5H2. The van der Waals surface area contributed by atoms with E-state index in [9.17, 15) is 4.79 Å². The molecule has 0 spiro atoms. The average Bonchev–Trinajstić information content (AvgIpc) is 2.70. The van der Waals surface area contributed by atoms with Gasteiger partial charge in [0, 0.05) is 6.54 Å². The fourth-order valence-corrected chi connectivity index (χ4v) is 0.633. The summed E-state index contributed by atoms with van der Waals surface area (Å²) >= 11 is 0. The fraction of sp³-hybridized carbons (Fsp3) is 0.889. The lowest BCUT2D eigenvalue weighted by Crippen LogP contribution is -2.23. The number of hydrogen-bond donors (Lipinski definition) is 2. The van der Waals surface area contributed by atoms with E-state index in [1.54, 1.807) is 0 Å². The molecule has 0 aromatic heterocycles. The van der Waals surface area contributed by atoms with E-state index in [2.05, 4.69) is 10.2 Å². The Morgan fingerprint density at radius 1 is 1.54 bits per heavy atom. The molecule has 0 aliphatic heterocycles. The van der Waals surface area contributed by atoms with Gasteiger partial charge in [0.25, 0.3) is 6.47 Å². The topological polar surface area (TPSA) is 64.3 Å². The Bertz CT molecular complexity index is 139. The molecule has 0 saturated heterocycles. The van der Waals surface area contributed by atoms with Gasteiger partial charge in [0.05, 0.1) is 0 Å². The number of hydrazine groups is 1. The summed E-state index contributed by atoms with van der Waals surface area (Å²) in [6, 6.07) is 0. The number of hydrogen-bond acceptors (Lipinski definition) is 4. The molecular weight excluding hydrogens is 168 g/mol. The molecular formula is C9H20N2O2. The number of rotatable bonds is 3. The number of carbonyl (C=O) groups excluding carboxylic acids is 1. The van der Waals surface area contributed by atoms with Crippen molar-refractivity contribution in [2.75, 3.05) is 6.54 Å². The highest BCUT2D eigenvalue weighted by atomic mass is 16.5. The summed E-state index contributed by atoms with van der Waals surface area (Å²) in [5.74, 6) is 5.93. The third-order valence-electron chi connectivity index (χ3n) is 1.51. The summed E-state index contributed by atoms with van der Waals surface area (Å²) in [5.41, 5.74) is 2.31. The summed E-state index contributed by atoms with van der Waals surface area (Å²) in [5, 5.41) is 0. The minimum absolute atomic E-state index is 0.318. The first-order valence-electron chi connectivity index (χ1n) is 4.54. The molecule has 1 aliphatic rings. The molecule has 4 nitrogen and oxygen atoms in total. The van der Waals surface area contributed by atoms with Crippen LogP contribution in [-0.4, -0.2) is 18.6 Å². The first kappa shape index (κ1) is 12.4. The van der Waals surface area contributed by atoms with Crippen molar-refractivity contribution >= 4 is 6.47 Å². The Morgan fingerprint density at radius 2 is 2.08 bits per heavy atom. The predicted octanol–water partition coefficient (Wildman–Crippen LogP) is 0.818. The summed E-state index contributed by atoms with van der Waals surface area (Å²) < 4.78 is 4.55. The van der Waals surface area contributed by atoms with E-state index in [-0.39, 0.29) is 5.60 Å². The van der Waals surface area contributed by atoms with Crippen LogP contribution in [-0.2, 0) is 9.53 Å². The first-order valence-corrected chi connectivity index (χ1v) is 4.54. The summed E-state index contributed by atoms with van der Waals surface area (Å²) in [4.78, 5) is 9.60. The summed E-state index contributed by atoms with van der Waals surface area (Å²) in [6.45, 7) is 6.93. The van der Waals surface area contributed by atoms with Gasteiger partial charge in [-0.3, -0.25) is 16.1 Å². The van der Waals surface area contributed by atoms with E-state index in [1.165, 1.54) is 12.8 Å². The molecule has 1 aliphatic carbocycles. The first-order chi connectivity index (χ1) is 5.99. The Hall–Kier alpha value is -0.610. The van der Waals surface area contributed by atoms with E-state index in [4.69, 9.17) is 5.84 Å². The Labute approximate surface area is 79.8 Å². The van der Waals surface area contributed by atoms with Crippen LogP contribution in [0.25, 0.3) is 0 Å². The number of carbonyl (C=O) groups is 1. The number of nitrogens with one attached hydrogen (secondary N) is 1. The molecule has 0 amide bonds. The third kappa shape index (κ3) is 11.4. The van der Waals surface area contributed by atoms with Gasteiger partial charge >= 0.3 is 0 Å². The maximum atomic E-state index is 9.60. The minimum atomic E-state index is -0.318. The quantitative estimate of drug-likeness (QED) is 0.391. The lowest BCUT2D eigenvalue weighted by atomic mass is 10.2. The second-order valence-corrected chi connectivity index (χ2v) is 4.18. The summed E-state index contributed by atoms with van der Waals surface area (Å²) in [6.07, 6.45) is 2.76. The molecule has 0 radical (unpaired) electrons. The van der Waals surface area contributed by atoms with Gasteiger partial charge in [-0.1, -0.05) is 0 Å². The van der Waals surface area contributed by atoms with Crippen LogP contribution >= 0.6 is 0 Å². The second-order valence-electron chi connectivity index (χ2n) is 4.18. The molecule has 3 N–H and O–H groups in total. The van der Waals surface area contributed by atoms with Crippen LogP contribution in [0.4, 0.5) is 0 Å². The van der Waals surface area contributed by atoms with E-state index in [1.807, 2.05) is 20.8 Å². The van der Waals surface area contributed by atoms with Gasteiger partial charge in [0.2, 0.25) is 0 Å². The van der Waals surface area contributed by atoms with E-state index < -0.39 is 0 Å². The molecule has 4 heteroatoms. The van der Waals surface area contributed by atoms with Crippen molar-refractivity contribution in [2.45, 2.75) is 39.2 Å². The molecule has 0 heterocycles. The molecule has 13 heavy (non-hydrogen) atoms. The van der Waals surface area contributed by atoms with E-state index in [0.29, 0.717) is 6.47 Å². The molecule has 0 aromatic carbocycles. The van der Waals surface area contributed by atoms with Crippen molar-refractivity contribution in [1.29, 1.82) is 0 Å². The van der Waals surface area contributed by atoms with Crippen LogP contribution < -0.4 is 11.3 Å². The molecule has 78 valence electrons. The predicted molar refractivity (Wildman–Crippen MR) is 51.8 cm³/mol. The molecule has 0 aromatic rings. The van der Waals surface area contributed by atoms with Gasteiger partial charge in [-0.2, -0.15) is 0 Å². The lowest BCUT2D eigenvalue weighted by molar-refractivity contribution is -0.138. The van der Waals surface area contributed by atoms with Crippen LogP contribution in [0.5, 0.6) is 0 Å². The van der Waals surface area contributed by atoms with Gasteiger partial charge in [-0.25, -0.2) is 0 Å². The van der Waals surface area contributed by atoms with Gasteiger partial charge in [0.15, 0.2) is 0 Å². The molecule has 1 fully saturated rings. The summed E-state index contributed by atoms with van der Waals surface area (Å²) in [7, 11) is 0. The fourth-order valence-electron chi connectivity index (χ4n) is 0.633. The molecule has 0 unspecified atom stereocenters. The van der Waals surface area contributed by atoms with Gasteiger partial charge in [0.1, 0.15) is 5.60 Å². The van der Waals surface area contributed by atoms with Crippen molar-refractivity contribution in [1.82, 2.24) is 5.43 Å².